The van der Waals surface area contributed by atoms with Crippen LogP contribution in [0, 0.1) is 17.2 Å². The molecule has 0 fully saturated rings. The van der Waals surface area contributed by atoms with Crippen molar-refractivity contribution in [3.8, 4) is 6.07 Å². The second-order valence-corrected chi connectivity index (χ2v) is 9.28. The lowest BCUT2D eigenvalue weighted by Gasteiger charge is -2.37. The molecule has 0 aliphatic carbocycles. The summed E-state index contributed by atoms with van der Waals surface area (Å²) in [5, 5.41) is 10.2. The molecule has 2 aromatic carbocycles. The summed E-state index contributed by atoms with van der Waals surface area (Å²) >= 11 is 0. The molecule has 0 aromatic heterocycles. The summed E-state index contributed by atoms with van der Waals surface area (Å²) in [6.07, 6.45) is -8.47. The Bertz CT molecular complexity index is 959. The molecule has 8 heteroatoms. The van der Waals surface area contributed by atoms with Crippen LogP contribution < -0.4 is 0 Å². The first kappa shape index (κ1) is 28.7. The third-order valence-corrected chi connectivity index (χ3v) is 6.87. The molecule has 0 aliphatic rings. The summed E-state index contributed by atoms with van der Waals surface area (Å²) in [6, 6.07) is 13.6. The third-order valence-electron chi connectivity index (χ3n) is 6.87. The maximum absolute atomic E-state index is 13.9. The molecular formula is C27H32F6N2. The number of hydrogen-bond acceptors (Lipinski definition) is 2. The van der Waals surface area contributed by atoms with Crippen LogP contribution in [0.3, 0.4) is 0 Å². The summed E-state index contributed by atoms with van der Waals surface area (Å²) in [7, 11) is 1.89. The highest BCUT2D eigenvalue weighted by Gasteiger charge is 2.49. The molecule has 2 aromatic rings. The van der Waals surface area contributed by atoms with Crippen molar-refractivity contribution in [2.45, 2.75) is 70.3 Å². The topological polar surface area (TPSA) is 27.0 Å². The smallest absolute Gasteiger partial charge is 0.303 e. The summed E-state index contributed by atoms with van der Waals surface area (Å²) in [5.41, 5.74) is -4.57. The van der Waals surface area contributed by atoms with Crippen molar-refractivity contribution in [1.29, 1.82) is 5.26 Å². The van der Waals surface area contributed by atoms with E-state index in [9.17, 15) is 31.6 Å². The van der Waals surface area contributed by atoms with Crippen LogP contribution >= 0.6 is 0 Å². The normalized spacial score (nSPS) is 15.2. The zero-order chi connectivity index (χ0) is 26.4. The SMILES string of the molecule is CCC(CCC(C#N)(c1c(C(F)(F)F)cccc1C(F)(F)F)C(C)C)N(C)CCc1ccccc1. The van der Waals surface area contributed by atoms with E-state index in [0.717, 1.165) is 18.1 Å². The van der Waals surface area contributed by atoms with Crippen molar-refractivity contribution in [2.24, 2.45) is 5.92 Å². The van der Waals surface area contributed by atoms with E-state index >= 15 is 0 Å². The molecule has 0 aliphatic heterocycles. The van der Waals surface area contributed by atoms with Crippen LogP contribution in [0.5, 0.6) is 0 Å². The first-order chi connectivity index (χ1) is 16.3. The van der Waals surface area contributed by atoms with Gasteiger partial charge in [0.05, 0.1) is 22.6 Å². The highest BCUT2D eigenvalue weighted by atomic mass is 19.4. The van der Waals surface area contributed by atoms with E-state index in [1.807, 2.05) is 50.4 Å². The Hall–Kier alpha value is -2.53. The Labute approximate surface area is 203 Å². The predicted molar refractivity (Wildman–Crippen MR) is 125 cm³/mol. The van der Waals surface area contributed by atoms with Gasteiger partial charge in [0.1, 0.15) is 0 Å². The van der Waals surface area contributed by atoms with E-state index in [1.165, 1.54) is 13.8 Å². The Kier molecular flexibility index (Phi) is 9.41. The molecule has 192 valence electrons. The van der Waals surface area contributed by atoms with Gasteiger partial charge >= 0.3 is 12.4 Å². The molecule has 2 unspecified atom stereocenters. The molecule has 0 bridgehead atoms. The Balaban J connectivity index is 2.44. The molecule has 0 heterocycles. The molecule has 35 heavy (non-hydrogen) atoms. The number of benzene rings is 2. The monoisotopic (exact) mass is 498 g/mol. The minimum Gasteiger partial charge on any atom is -0.303 e. The quantitative estimate of drug-likeness (QED) is 0.312. The van der Waals surface area contributed by atoms with E-state index in [-0.39, 0.29) is 18.9 Å². The van der Waals surface area contributed by atoms with Crippen LogP contribution in [0.1, 0.15) is 62.3 Å². The summed E-state index contributed by atoms with van der Waals surface area (Å²) < 4.78 is 83.5. The molecule has 0 saturated carbocycles. The lowest BCUT2D eigenvalue weighted by Crippen LogP contribution is -2.39. The minimum atomic E-state index is -5.02. The van der Waals surface area contributed by atoms with Crippen molar-refractivity contribution in [3.63, 3.8) is 0 Å². The van der Waals surface area contributed by atoms with Gasteiger partial charge in [0.15, 0.2) is 0 Å². The maximum Gasteiger partial charge on any atom is 0.416 e. The molecule has 0 spiro atoms. The fourth-order valence-corrected chi connectivity index (χ4v) is 4.71. The molecular weight excluding hydrogens is 466 g/mol. The van der Waals surface area contributed by atoms with Crippen molar-refractivity contribution in [2.75, 3.05) is 13.6 Å². The average Bonchev–Trinajstić information content (AvgIpc) is 2.79. The highest BCUT2D eigenvalue weighted by molar-refractivity contribution is 5.48. The number of alkyl halides is 6. The van der Waals surface area contributed by atoms with Crippen LogP contribution in [-0.4, -0.2) is 24.5 Å². The van der Waals surface area contributed by atoms with Gasteiger partial charge in [0.2, 0.25) is 0 Å². The number of halogens is 6. The number of nitrogens with zero attached hydrogens (tertiary/aromatic N) is 2. The van der Waals surface area contributed by atoms with Crippen molar-refractivity contribution in [3.05, 3.63) is 70.8 Å². The zero-order valence-electron chi connectivity index (χ0n) is 20.5. The molecule has 0 N–H and O–H groups in total. The van der Waals surface area contributed by atoms with Crippen LogP contribution in [-0.2, 0) is 24.2 Å². The number of hydrogen-bond donors (Lipinski definition) is 0. The van der Waals surface area contributed by atoms with E-state index in [4.69, 9.17) is 0 Å². The largest absolute Gasteiger partial charge is 0.416 e. The van der Waals surface area contributed by atoms with Crippen LogP contribution in [0.4, 0.5) is 26.3 Å². The number of likely N-dealkylation sites (N-methyl/N-ethyl adjacent to an activating group) is 1. The van der Waals surface area contributed by atoms with Gasteiger partial charge in [-0.05, 0) is 61.9 Å². The summed E-state index contributed by atoms with van der Waals surface area (Å²) in [4.78, 5) is 2.07. The Morgan fingerprint density at radius 2 is 1.43 bits per heavy atom. The number of nitriles is 1. The highest BCUT2D eigenvalue weighted by Crippen LogP contribution is 2.49. The van der Waals surface area contributed by atoms with Gasteiger partial charge in [0.25, 0.3) is 0 Å². The molecule has 0 amide bonds. The van der Waals surface area contributed by atoms with Crippen molar-refractivity contribution in [1.82, 2.24) is 4.90 Å². The van der Waals surface area contributed by atoms with Crippen molar-refractivity contribution < 1.29 is 26.3 Å². The summed E-state index contributed by atoms with van der Waals surface area (Å²) in [5.74, 6) is -0.774. The van der Waals surface area contributed by atoms with Gasteiger partial charge in [-0.25, -0.2) is 0 Å². The Morgan fingerprint density at radius 1 is 0.886 bits per heavy atom. The van der Waals surface area contributed by atoms with Gasteiger partial charge in [-0.15, -0.1) is 0 Å². The fraction of sp³-hybridized carbons (Fsp3) is 0.519. The molecule has 2 rings (SSSR count). The van der Waals surface area contributed by atoms with Crippen molar-refractivity contribution >= 4 is 0 Å². The second kappa shape index (κ2) is 11.5. The van der Waals surface area contributed by atoms with Crippen LogP contribution in [0.15, 0.2) is 48.5 Å². The molecule has 2 nitrogen and oxygen atoms in total. The standard InChI is InChI=1S/C27H32F6N2/c1-5-21(35(4)17-15-20-10-7-6-8-11-20)14-16-25(18-34,19(2)3)24-22(26(28,29)30)12-9-13-23(24)27(31,32)33/h6-13,19,21H,5,14-17H2,1-4H3. The van der Waals surface area contributed by atoms with Crippen LogP contribution in [0.2, 0.25) is 0 Å². The van der Waals surface area contributed by atoms with Gasteiger partial charge in [0, 0.05) is 12.6 Å². The second-order valence-electron chi connectivity index (χ2n) is 9.28. The average molecular weight is 499 g/mol. The van der Waals surface area contributed by atoms with E-state index < -0.39 is 40.4 Å². The van der Waals surface area contributed by atoms with Gasteiger partial charge in [-0.2, -0.15) is 31.6 Å². The lowest BCUT2D eigenvalue weighted by molar-refractivity contribution is -0.145. The first-order valence-electron chi connectivity index (χ1n) is 11.7. The first-order valence-corrected chi connectivity index (χ1v) is 11.7. The van der Waals surface area contributed by atoms with E-state index in [0.29, 0.717) is 25.1 Å². The predicted octanol–water partition coefficient (Wildman–Crippen LogP) is 7.87. The molecule has 2 atom stereocenters. The zero-order valence-corrected chi connectivity index (χ0v) is 20.5. The van der Waals surface area contributed by atoms with E-state index in [2.05, 4.69) is 4.90 Å². The lowest BCUT2D eigenvalue weighted by atomic mass is 9.66. The fourth-order valence-electron chi connectivity index (χ4n) is 4.71. The number of rotatable bonds is 10. The summed E-state index contributed by atoms with van der Waals surface area (Å²) in [6.45, 7) is 5.63. The van der Waals surface area contributed by atoms with Crippen LogP contribution in [0.25, 0.3) is 0 Å². The third kappa shape index (κ3) is 6.78. The van der Waals surface area contributed by atoms with Gasteiger partial charge in [-0.3, -0.25) is 0 Å². The van der Waals surface area contributed by atoms with Gasteiger partial charge in [-0.1, -0.05) is 57.2 Å². The Morgan fingerprint density at radius 3 is 1.86 bits per heavy atom. The minimum absolute atomic E-state index is 0.0995. The van der Waals surface area contributed by atoms with Gasteiger partial charge < -0.3 is 4.90 Å². The van der Waals surface area contributed by atoms with E-state index in [1.54, 1.807) is 0 Å². The molecule has 0 saturated heterocycles. The maximum atomic E-state index is 13.9. The molecule has 0 radical (unpaired) electrons.